The highest BCUT2D eigenvalue weighted by molar-refractivity contribution is 9.10. The second kappa shape index (κ2) is 9.28. The van der Waals surface area contributed by atoms with Crippen LogP contribution in [0.3, 0.4) is 0 Å². The molecule has 2 aromatic rings. The van der Waals surface area contributed by atoms with Gasteiger partial charge in [0.05, 0.1) is 18.9 Å². The Morgan fingerprint density at radius 2 is 2.07 bits per heavy atom. The summed E-state index contributed by atoms with van der Waals surface area (Å²) in [6.07, 6.45) is 1.93. The normalized spacial score (nSPS) is 11.1. The first-order valence-electron chi connectivity index (χ1n) is 7.70. The average molecular weight is 455 g/mol. The molecule has 0 unspecified atom stereocenters. The molecule has 2 aromatic carbocycles. The Morgan fingerprint density at radius 3 is 2.71 bits per heavy atom. The van der Waals surface area contributed by atoms with Crippen LogP contribution in [0.4, 0.5) is 13.2 Å². The number of alkyl halides is 3. The van der Waals surface area contributed by atoms with Crippen LogP contribution in [-0.2, 0) is 6.18 Å². The number of amides is 1. The number of terminal acetylenes is 1. The molecule has 0 saturated carbocycles. The summed E-state index contributed by atoms with van der Waals surface area (Å²) in [5, 5.41) is 3.77. The summed E-state index contributed by atoms with van der Waals surface area (Å²) in [5.41, 5.74) is 1.64. The van der Waals surface area contributed by atoms with Gasteiger partial charge in [0.25, 0.3) is 5.91 Å². The smallest absolute Gasteiger partial charge is 0.416 e. The zero-order chi connectivity index (χ0) is 20.7. The van der Waals surface area contributed by atoms with Crippen molar-refractivity contribution in [3.8, 4) is 23.8 Å². The van der Waals surface area contributed by atoms with Crippen LogP contribution in [0.5, 0.6) is 11.5 Å². The molecule has 146 valence electrons. The highest BCUT2D eigenvalue weighted by atomic mass is 79.9. The van der Waals surface area contributed by atoms with Crippen molar-refractivity contribution < 1.29 is 27.4 Å². The number of nitrogens with zero attached hydrogens (tertiary/aromatic N) is 1. The molecule has 0 atom stereocenters. The Labute approximate surface area is 167 Å². The van der Waals surface area contributed by atoms with Crippen LogP contribution in [0.25, 0.3) is 0 Å². The largest absolute Gasteiger partial charge is 0.493 e. The van der Waals surface area contributed by atoms with Crippen LogP contribution in [0.15, 0.2) is 46.0 Å². The van der Waals surface area contributed by atoms with Gasteiger partial charge in [-0.15, -0.1) is 6.42 Å². The molecule has 1 N–H and O–H groups in total. The number of rotatable bonds is 6. The number of halogens is 4. The van der Waals surface area contributed by atoms with E-state index in [0.717, 1.165) is 18.2 Å². The third-order valence-electron chi connectivity index (χ3n) is 3.42. The van der Waals surface area contributed by atoms with E-state index in [2.05, 4.69) is 32.4 Å². The van der Waals surface area contributed by atoms with E-state index in [0.29, 0.717) is 21.5 Å². The lowest BCUT2D eigenvalue weighted by atomic mass is 10.1. The molecule has 0 spiro atoms. The minimum absolute atomic E-state index is 0.0588. The quantitative estimate of drug-likeness (QED) is 0.403. The van der Waals surface area contributed by atoms with E-state index in [4.69, 9.17) is 15.9 Å². The Bertz CT molecular complexity index is 937. The zero-order valence-corrected chi connectivity index (χ0v) is 16.1. The van der Waals surface area contributed by atoms with E-state index in [9.17, 15) is 18.0 Å². The summed E-state index contributed by atoms with van der Waals surface area (Å²) in [6, 6.07) is 7.26. The standard InChI is InChI=1S/C19H14BrF3N2O3/c1-3-7-28-17-10-15(20)13(9-16(17)27-2)11-24-25-18(26)12-5-4-6-14(8-12)19(21,22)23/h1,4-6,8-11H,7H2,2H3,(H,25,26)/b24-11-. The fourth-order valence-electron chi connectivity index (χ4n) is 2.10. The minimum Gasteiger partial charge on any atom is -0.493 e. The van der Waals surface area contributed by atoms with E-state index in [1.54, 1.807) is 12.1 Å². The molecule has 0 aromatic heterocycles. The molecule has 0 heterocycles. The third-order valence-corrected chi connectivity index (χ3v) is 4.10. The van der Waals surface area contributed by atoms with Crippen molar-refractivity contribution in [3.63, 3.8) is 0 Å². The molecule has 0 saturated heterocycles. The maximum atomic E-state index is 12.7. The van der Waals surface area contributed by atoms with Gasteiger partial charge in [0.2, 0.25) is 0 Å². The summed E-state index contributed by atoms with van der Waals surface area (Å²) >= 11 is 3.33. The molecule has 5 nitrogen and oxygen atoms in total. The molecular weight excluding hydrogens is 441 g/mol. The van der Waals surface area contributed by atoms with E-state index in [1.807, 2.05) is 0 Å². The van der Waals surface area contributed by atoms with Crippen LogP contribution in [0, 0.1) is 12.3 Å². The molecular formula is C19H14BrF3N2O3. The lowest BCUT2D eigenvalue weighted by Gasteiger charge is -2.11. The lowest BCUT2D eigenvalue weighted by molar-refractivity contribution is -0.137. The van der Waals surface area contributed by atoms with E-state index in [-0.39, 0.29) is 12.2 Å². The monoisotopic (exact) mass is 454 g/mol. The van der Waals surface area contributed by atoms with Gasteiger partial charge in [-0.05, 0) is 46.3 Å². The molecule has 0 aliphatic carbocycles. The van der Waals surface area contributed by atoms with Crippen LogP contribution in [0.1, 0.15) is 21.5 Å². The molecule has 28 heavy (non-hydrogen) atoms. The first-order chi connectivity index (χ1) is 13.3. The van der Waals surface area contributed by atoms with Crippen molar-refractivity contribution >= 4 is 28.1 Å². The first-order valence-corrected chi connectivity index (χ1v) is 8.50. The van der Waals surface area contributed by atoms with Gasteiger partial charge in [-0.2, -0.15) is 18.3 Å². The number of hydrogen-bond donors (Lipinski definition) is 1. The minimum atomic E-state index is -4.54. The first kappa shape index (κ1) is 21.3. The van der Waals surface area contributed by atoms with Gasteiger partial charge in [-0.25, -0.2) is 5.43 Å². The molecule has 0 radical (unpaired) electrons. The van der Waals surface area contributed by atoms with Crippen molar-refractivity contribution in [1.82, 2.24) is 5.43 Å². The highest BCUT2D eigenvalue weighted by Gasteiger charge is 2.30. The topological polar surface area (TPSA) is 59.9 Å². The molecule has 0 aliphatic rings. The highest BCUT2D eigenvalue weighted by Crippen LogP contribution is 2.33. The summed E-state index contributed by atoms with van der Waals surface area (Å²) in [7, 11) is 1.45. The number of ether oxygens (including phenoxy) is 2. The second-order valence-corrected chi connectivity index (χ2v) is 6.15. The van der Waals surface area contributed by atoms with E-state index in [1.165, 1.54) is 19.4 Å². The fourth-order valence-corrected chi connectivity index (χ4v) is 2.53. The zero-order valence-electron chi connectivity index (χ0n) is 14.5. The maximum Gasteiger partial charge on any atom is 0.416 e. The molecule has 0 bridgehead atoms. The number of hydrazone groups is 1. The van der Waals surface area contributed by atoms with Crippen molar-refractivity contribution in [2.24, 2.45) is 5.10 Å². The number of carbonyl (C=O) groups excluding carboxylic acids is 1. The Kier molecular flexibility index (Phi) is 7.06. The van der Waals surface area contributed by atoms with Crippen LogP contribution in [0.2, 0.25) is 0 Å². The Balaban J connectivity index is 2.14. The predicted octanol–water partition coefficient (Wildman–Crippen LogP) is 4.25. The lowest BCUT2D eigenvalue weighted by Crippen LogP contribution is -2.18. The summed E-state index contributed by atoms with van der Waals surface area (Å²) in [5.74, 6) is 2.37. The maximum absolute atomic E-state index is 12.7. The average Bonchev–Trinajstić information content (AvgIpc) is 2.67. The van der Waals surface area contributed by atoms with E-state index < -0.39 is 17.6 Å². The van der Waals surface area contributed by atoms with Gasteiger partial charge in [-0.3, -0.25) is 4.79 Å². The van der Waals surface area contributed by atoms with Crippen LogP contribution < -0.4 is 14.9 Å². The van der Waals surface area contributed by atoms with Gasteiger partial charge in [-0.1, -0.05) is 12.0 Å². The van der Waals surface area contributed by atoms with Gasteiger partial charge in [0, 0.05) is 15.6 Å². The molecule has 0 aliphatic heterocycles. The Hall–Kier alpha value is -2.99. The van der Waals surface area contributed by atoms with Gasteiger partial charge < -0.3 is 9.47 Å². The van der Waals surface area contributed by atoms with E-state index >= 15 is 0 Å². The number of nitrogens with one attached hydrogen (secondary N) is 1. The van der Waals surface area contributed by atoms with Gasteiger partial charge in [0.15, 0.2) is 11.5 Å². The summed E-state index contributed by atoms with van der Waals surface area (Å²) < 4.78 is 49.3. The predicted molar refractivity (Wildman–Crippen MR) is 102 cm³/mol. The molecule has 0 fully saturated rings. The van der Waals surface area contributed by atoms with Gasteiger partial charge in [0.1, 0.15) is 6.61 Å². The molecule has 9 heteroatoms. The summed E-state index contributed by atoms with van der Waals surface area (Å²) in [4.78, 5) is 12.0. The van der Waals surface area contributed by atoms with Crippen LogP contribution >= 0.6 is 15.9 Å². The fraction of sp³-hybridized carbons (Fsp3) is 0.158. The molecule has 2 rings (SSSR count). The third kappa shape index (κ3) is 5.50. The van der Waals surface area contributed by atoms with Crippen LogP contribution in [-0.4, -0.2) is 25.8 Å². The molecule has 1 amide bonds. The van der Waals surface area contributed by atoms with Crippen molar-refractivity contribution in [2.75, 3.05) is 13.7 Å². The van der Waals surface area contributed by atoms with Crippen molar-refractivity contribution in [3.05, 3.63) is 57.6 Å². The number of hydrogen-bond acceptors (Lipinski definition) is 4. The summed E-state index contributed by atoms with van der Waals surface area (Å²) in [6.45, 7) is 0.0588. The number of benzene rings is 2. The van der Waals surface area contributed by atoms with Crippen molar-refractivity contribution in [1.29, 1.82) is 0 Å². The number of carbonyl (C=O) groups is 1. The number of methoxy groups -OCH3 is 1. The second-order valence-electron chi connectivity index (χ2n) is 5.30. The Morgan fingerprint density at radius 1 is 1.32 bits per heavy atom. The van der Waals surface area contributed by atoms with Gasteiger partial charge >= 0.3 is 6.18 Å². The SMILES string of the molecule is C#CCOc1cc(Br)c(/C=N\NC(=O)c2cccc(C(F)(F)F)c2)cc1OC. The van der Waals surface area contributed by atoms with Crippen molar-refractivity contribution in [2.45, 2.75) is 6.18 Å².